The van der Waals surface area contributed by atoms with Crippen LogP contribution >= 0.6 is 0 Å². The van der Waals surface area contributed by atoms with Crippen LogP contribution in [0.3, 0.4) is 0 Å². The van der Waals surface area contributed by atoms with E-state index in [-0.39, 0.29) is 23.8 Å². The fourth-order valence-electron chi connectivity index (χ4n) is 5.37. The summed E-state index contributed by atoms with van der Waals surface area (Å²) in [5.74, 6) is 0.673. The molecule has 2 aromatic heterocycles. The third-order valence-corrected chi connectivity index (χ3v) is 7.80. The summed E-state index contributed by atoms with van der Waals surface area (Å²) in [6, 6.07) is 16.9. The molecule has 0 saturated carbocycles. The molecule has 2 aromatic carbocycles. The largest absolute Gasteiger partial charge is 0.478 e. The molecule has 0 bridgehead atoms. The predicted octanol–water partition coefficient (Wildman–Crippen LogP) is 4.22. The highest BCUT2D eigenvalue weighted by molar-refractivity contribution is 5.92. The minimum atomic E-state index is -0.955. The Morgan fingerprint density at radius 1 is 1.12 bits per heavy atom. The van der Waals surface area contributed by atoms with Crippen molar-refractivity contribution < 1.29 is 23.8 Å². The molecule has 6 rings (SSSR count). The third kappa shape index (κ3) is 6.05. The summed E-state index contributed by atoms with van der Waals surface area (Å²) in [5, 5.41) is 18.5. The number of nitriles is 1. The second kappa shape index (κ2) is 12.1. The van der Waals surface area contributed by atoms with Gasteiger partial charge in [0.25, 0.3) is 0 Å². The smallest absolute Gasteiger partial charge is 0.335 e. The molecule has 2 aliphatic heterocycles. The van der Waals surface area contributed by atoms with Gasteiger partial charge < -0.3 is 24.0 Å². The van der Waals surface area contributed by atoms with Gasteiger partial charge in [0.2, 0.25) is 5.88 Å². The Bertz CT molecular complexity index is 1650. The minimum absolute atomic E-state index is 0.0165. The number of carboxylic acids is 1. The lowest BCUT2D eigenvalue weighted by atomic mass is 10.1. The number of halogens is 1. The molecule has 216 valence electrons. The quantitative estimate of drug-likeness (QED) is 0.316. The van der Waals surface area contributed by atoms with Crippen molar-refractivity contribution in [2.75, 3.05) is 37.7 Å². The molecule has 0 aliphatic carbocycles. The topological polar surface area (TPSA) is 117 Å². The van der Waals surface area contributed by atoms with E-state index in [1.807, 2.05) is 18.2 Å². The number of hydrogen-bond acceptors (Lipinski definition) is 8. The lowest BCUT2D eigenvalue weighted by Gasteiger charge is -2.28. The Morgan fingerprint density at radius 2 is 2.00 bits per heavy atom. The van der Waals surface area contributed by atoms with Crippen molar-refractivity contribution in [3.05, 3.63) is 82.9 Å². The average molecular weight is 571 g/mol. The first-order valence-corrected chi connectivity index (χ1v) is 14.1. The van der Waals surface area contributed by atoms with Gasteiger partial charge in [-0.15, -0.1) is 0 Å². The van der Waals surface area contributed by atoms with Crippen LogP contribution in [0.15, 0.2) is 54.6 Å². The molecule has 4 heterocycles. The maximum atomic E-state index is 14.3. The van der Waals surface area contributed by atoms with E-state index in [0.717, 1.165) is 68.3 Å². The van der Waals surface area contributed by atoms with Gasteiger partial charge >= 0.3 is 5.97 Å². The van der Waals surface area contributed by atoms with Gasteiger partial charge in [0.1, 0.15) is 24.1 Å². The number of benzene rings is 2. The van der Waals surface area contributed by atoms with Crippen molar-refractivity contribution in [3.8, 4) is 11.9 Å². The first kappa shape index (κ1) is 27.6. The number of ether oxygens (including phenoxy) is 2. The van der Waals surface area contributed by atoms with Gasteiger partial charge in [-0.1, -0.05) is 12.1 Å². The number of rotatable bonds is 9. The van der Waals surface area contributed by atoms with Gasteiger partial charge in [0.05, 0.1) is 47.4 Å². The molecule has 42 heavy (non-hydrogen) atoms. The molecule has 1 atom stereocenters. The Morgan fingerprint density at radius 3 is 2.76 bits per heavy atom. The van der Waals surface area contributed by atoms with E-state index in [1.54, 1.807) is 36.4 Å². The van der Waals surface area contributed by atoms with Crippen LogP contribution in [-0.2, 0) is 24.4 Å². The summed E-state index contributed by atoms with van der Waals surface area (Å²) in [6.07, 6.45) is 2.02. The van der Waals surface area contributed by atoms with Gasteiger partial charge in [-0.3, -0.25) is 4.90 Å². The zero-order valence-electron chi connectivity index (χ0n) is 23.1. The fourth-order valence-corrected chi connectivity index (χ4v) is 5.37. The van der Waals surface area contributed by atoms with Crippen molar-refractivity contribution in [2.45, 2.75) is 38.6 Å². The van der Waals surface area contributed by atoms with Gasteiger partial charge in [-0.2, -0.15) is 10.2 Å². The first-order valence-electron chi connectivity index (χ1n) is 14.1. The van der Waals surface area contributed by atoms with Crippen LogP contribution in [0.25, 0.3) is 11.0 Å². The highest BCUT2D eigenvalue weighted by Gasteiger charge is 2.24. The minimum Gasteiger partial charge on any atom is -0.478 e. The number of fused-ring (bicyclic) bond motifs is 1. The van der Waals surface area contributed by atoms with E-state index in [4.69, 9.17) is 19.7 Å². The van der Waals surface area contributed by atoms with E-state index in [2.05, 4.69) is 19.4 Å². The molecule has 4 aromatic rings. The molecule has 2 aliphatic rings. The lowest BCUT2D eigenvalue weighted by molar-refractivity contribution is -0.0591. The predicted molar refractivity (Wildman–Crippen MR) is 153 cm³/mol. The molecule has 0 amide bonds. The second-order valence-corrected chi connectivity index (χ2v) is 10.6. The molecular weight excluding hydrogens is 539 g/mol. The van der Waals surface area contributed by atoms with Crippen LogP contribution < -0.4 is 9.64 Å². The normalized spacial score (nSPS) is 17.4. The van der Waals surface area contributed by atoms with Crippen LogP contribution in [0.4, 0.5) is 10.2 Å². The average Bonchev–Trinajstić information content (AvgIpc) is 3.13. The highest BCUT2D eigenvalue weighted by atomic mass is 19.1. The molecule has 11 heteroatoms. The summed E-state index contributed by atoms with van der Waals surface area (Å²) < 4.78 is 27.9. The van der Waals surface area contributed by atoms with Crippen molar-refractivity contribution in [1.29, 1.82) is 5.26 Å². The van der Waals surface area contributed by atoms with Gasteiger partial charge in [-0.25, -0.2) is 14.2 Å². The van der Waals surface area contributed by atoms with E-state index in [1.165, 1.54) is 6.07 Å². The highest BCUT2D eigenvalue weighted by Crippen LogP contribution is 2.25. The lowest BCUT2D eigenvalue weighted by Crippen LogP contribution is -2.34. The molecule has 0 spiro atoms. The summed E-state index contributed by atoms with van der Waals surface area (Å²) in [4.78, 5) is 25.8. The Hall–Kier alpha value is -4.53. The number of anilines is 1. The number of imidazole rings is 1. The fraction of sp³-hybridized carbons (Fsp3) is 0.355. The Kier molecular flexibility index (Phi) is 7.99. The molecule has 0 radical (unpaired) electrons. The molecular formula is C31H31FN6O4. The van der Waals surface area contributed by atoms with E-state index < -0.39 is 11.8 Å². The number of aromatic carboxylic acids is 1. The Labute approximate surface area is 242 Å². The number of aromatic nitrogens is 3. The maximum Gasteiger partial charge on any atom is 0.335 e. The zero-order chi connectivity index (χ0) is 29.1. The molecule has 2 saturated heterocycles. The zero-order valence-corrected chi connectivity index (χ0v) is 23.1. The van der Waals surface area contributed by atoms with Crippen LogP contribution in [0.1, 0.15) is 40.2 Å². The standard InChI is InChI=1S/C31H31FN6O4/c32-25-15-21(17-33)5-6-23(25)20-42-30-4-1-3-28(35-30)37-11-2-10-36(12-13-37)19-29-34-26-8-7-22(31(39)40)16-27(26)38(29)18-24-9-14-41-24/h1,3-8,15-16,24H,2,9-14,18-20H2,(H,39,40)/t24-/m0/s1. The number of carbonyl (C=O) groups is 1. The van der Waals surface area contributed by atoms with Crippen molar-refractivity contribution in [2.24, 2.45) is 0 Å². The second-order valence-electron chi connectivity index (χ2n) is 10.6. The summed E-state index contributed by atoms with van der Waals surface area (Å²) in [6.45, 7) is 5.33. The number of carboxylic acid groups (broad SMARTS) is 1. The summed E-state index contributed by atoms with van der Waals surface area (Å²) >= 11 is 0. The van der Waals surface area contributed by atoms with Crippen molar-refractivity contribution in [3.63, 3.8) is 0 Å². The van der Waals surface area contributed by atoms with Crippen molar-refractivity contribution in [1.82, 2.24) is 19.4 Å². The Balaban J connectivity index is 1.12. The number of pyridine rings is 1. The first-order chi connectivity index (χ1) is 20.5. The SMILES string of the molecule is N#Cc1ccc(COc2cccc(N3CCCN(Cc4nc5ccc(C(=O)O)cc5n4C[C@@H]4CCO4)CC3)n2)c(F)c1. The van der Waals surface area contributed by atoms with Gasteiger partial charge in [0.15, 0.2) is 0 Å². The van der Waals surface area contributed by atoms with E-state index in [9.17, 15) is 14.3 Å². The molecule has 2 fully saturated rings. The van der Waals surface area contributed by atoms with Crippen LogP contribution in [0.5, 0.6) is 5.88 Å². The van der Waals surface area contributed by atoms with Crippen molar-refractivity contribution >= 4 is 22.8 Å². The monoisotopic (exact) mass is 570 g/mol. The maximum absolute atomic E-state index is 14.3. The van der Waals surface area contributed by atoms with Crippen LogP contribution in [0.2, 0.25) is 0 Å². The molecule has 1 N–H and O–H groups in total. The molecule has 10 nitrogen and oxygen atoms in total. The molecule has 0 unspecified atom stereocenters. The van der Waals surface area contributed by atoms with Gasteiger partial charge in [-0.05, 0) is 49.2 Å². The van der Waals surface area contributed by atoms with Crippen LogP contribution in [0, 0.1) is 17.1 Å². The van der Waals surface area contributed by atoms with E-state index in [0.29, 0.717) is 24.5 Å². The summed E-state index contributed by atoms with van der Waals surface area (Å²) in [5.41, 5.74) is 2.48. The summed E-state index contributed by atoms with van der Waals surface area (Å²) in [7, 11) is 0. The number of nitrogens with zero attached hydrogens (tertiary/aromatic N) is 6. The number of hydrogen-bond donors (Lipinski definition) is 1. The van der Waals surface area contributed by atoms with Gasteiger partial charge in [0, 0.05) is 44.4 Å². The third-order valence-electron chi connectivity index (χ3n) is 7.80. The van der Waals surface area contributed by atoms with Crippen LogP contribution in [-0.4, -0.2) is 69.4 Å². The van der Waals surface area contributed by atoms with E-state index >= 15 is 0 Å².